The lowest BCUT2D eigenvalue weighted by molar-refractivity contribution is 0.728. The summed E-state index contributed by atoms with van der Waals surface area (Å²) in [6.45, 7) is 2.40. The van der Waals surface area contributed by atoms with Gasteiger partial charge in [-0.3, -0.25) is 4.57 Å². The van der Waals surface area contributed by atoms with Gasteiger partial charge in [0.2, 0.25) is 5.95 Å². The van der Waals surface area contributed by atoms with E-state index in [2.05, 4.69) is 209 Å². The predicted octanol–water partition coefficient (Wildman–Crippen LogP) is 15.5. The molecule has 0 N–H and O–H groups in total. The molecule has 0 radical (unpaired) electrons. The Hall–Kier alpha value is -8.06. The molecule has 1 aliphatic rings. The van der Waals surface area contributed by atoms with Crippen LogP contribution >= 0.6 is 11.3 Å². The van der Waals surface area contributed by atoms with E-state index in [1.54, 1.807) is 0 Å². The van der Waals surface area contributed by atoms with Crippen molar-refractivity contribution in [1.29, 1.82) is 0 Å². The number of para-hydroxylation sites is 4. The largest absolute Gasteiger partial charge is 0.313 e. The average molecular weight is 850 g/mol. The molecule has 0 saturated heterocycles. The Labute approximate surface area is 378 Å². The Morgan fingerprint density at radius 2 is 1.05 bits per heavy atom. The van der Waals surface area contributed by atoms with E-state index >= 15 is 0 Å². The summed E-state index contributed by atoms with van der Waals surface area (Å²) in [4.78, 5) is 11.6. The fourth-order valence-corrected chi connectivity index (χ4v) is 12.4. The second-order valence-electron chi connectivity index (χ2n) is 17.4. The molecule has 1 atom stereocenters. The van der Waals surface area contributed by atoms with E-state index in [4.69, 9.17) is 9.97 Å². The number of hydrogen-bond donors (Lipinski definition) is 0. The van der Waals surface area contributed by atoms with Crippen molar-refractivity contribution in [2.24, 2.45) is 0 Å². The zero-order chi connectivity index (χ0) is 42.8. The molecule has 0 saturated carbocycles. The first-order valence-corrected chi connectivity index (χ1v) is 23.2. The molecule has 0 spiro atoms. The first kappa shape index (κ1) is 36.4. The third-order valence-corrected chi connectivity index (χ3v) is 15.0. The highest BCUT2D eigenvalue weighted by Gasteiger charge is 2.32. The zero-order valence-electron chi connectivity index (χ0n) is 35.5. The maximum Gasteiger partial charge on any atom is 0.235 e. The van der Waals surface area contributed by atoms with Crippen LogP contribution < -0.4 is 0 Å². The van der Waals surface area contributed by atoms with Gasteiger partial charge in [0.15, 0.2) is 0 Å². The fraction of sp³-hybridized carbons (Fsp3) is 0.0508. The molecule has 13 aromatic rings. The summed E-state index contributed by atoms with van der Waals surface area (Å²) in [5.41, 5.74) is 16.6. The average Bonchev–Trinajstić information content (AvgIpc) is 4.10. The molecule has 1 aliphatic carbocycles. The minimum absolute atomic E-state index is 0.417. The van der Waals surface area contributed by atoms with Crippen molar-refractivity contribution in [2.45, 2.75) is 19.3 Å². The van der Waals surface area contributed by atoms with Crippen LogP contribution in [0.2, 0.25) is 0 Å². The SMILES string of the molecule is CC1Cc2c(c3cc(-c4ccc5c(c4)c4ccccc4n5-c4nccc(-c5cccc(-n6c7ccccc7c7ccccc76)c5)n4)ccc3n2-c2ccccc2)-c2sc3ccccc3c21. The molecule has 5 nitrogen and oxygen atoms in total. The molecule has 0 aliphatic heterocycles. The van der Waals surface area contributed by atoms with Gasteiger partial charge in [0, 0.05) is 70.9 Å². The van der Waals surface area contributed by atoms with Crippen LogP contribution in [0, 0.1) is 0 Å². The van der Waals surface area contributed by atoms with E-state index in [1.807, 2.05) is 23.6 Å². The number of rotatable bonds is 5. The molecule has 65 heavy (non-hydrogen) atoms. The third kappa shape index (κ3) is 5.38. The molecule has 0 bridgehead atoms. The van der Waals surface area contributed by atoms with Gasteiger partial charge in [0.05, 0.1) is 33.3 Å². The van der Waals surface area contributed by atoms with E-state index in [9.17, 15) is 0 Å². The Balaban J connectivity index is 0.905. The summed E-state index contributed by atoms with van der Waals surface area (Å²) in [6.07, 6.45) is 2.88. The Morgan fingerprint density at radius 1 is 0.462 bits per heavy atom. The number of aromatic nitrogens is 5. The van der Waals surface area contributed by atoms with Gasteiger partial charge in [0.1, 0.15) is 0 Å². The molecular weight excluding hydrogens is 811 g/mol. The summed E-state index contributed by atoms with van der Waals surface area (Å²) in [5, 5.41) is 7.53. The lowest BCUT2D eigenvalue weighted by Crippen LogP contribution is -2.10. The van der Waals surface area contributed by atoms with E-state index in [1.165, 1.54) is 92.1 Å². The van der Waals surface area contributed by atoms with Crippen molar-refractivity contribution in [3.05, 3.63) is 212 Å². The number of nitrogens with zero attached hydrogens (tertiary/aromatic N) is 5. The van der Waals surface area contributed by atoms with Gasteiger partial charge in [0.25, 0.3) is 0 Å². The maximum absolute atomic E-state index is 5.30. The molecule has 306 valence electrons. The van der Waals surface area contributed by atoms with Crippen molar-refractivity contribution < 1.29 is 0 Å². The minimum atomic E-state index is 0.417. The van der Waals surface area contributed by atoms with Crippen molar-refractivity contribution in [3.63, 3.8) is 0 Å². The summed E-state index contributed by atoms with van der Waals surface area (Å²) in [5.74, 6) is 1.06. The van der Waals surface area contributed by atoms with Gasteiger partial charge in [-0.1, -0.05) is 122 Å². The number of hydrogen-bond acceptors (Lipinski definition) is 3. The van der Waals surface area contributed by atoms with E-state index in [0.717, 1.165) is 34.4 Å². The van der Waals surface area contributed by atoms with E-state index < -0.39 is 0 Å². The topological polar surface area (TPSA) is 40.6 Å². The first-order valence-electron chi connectivity index (χ1n) is 22.4. The van der Waals surface area contributed by atoms with Crippen LogP contribution in [0.25, 0.3) is 115 Å². The van der Waals surface area contributed by atoms with Gasteiger partial charge in [-0.05, 0) is 113 Å². The van der Waals surface area contributed by atoms with Crippen LogP contribution in [0.3, 0.4) is 0 Å². The summed E-state index contributed by atoms with van der Waals surface area (Å²) in [6, 6.07) is 70.5. The zero-order valence-corrected chi connectivity index (χ0v) is 36.3. The fourth-order valence-electron chi connectivity index (χ4n) is 11.0. The van der Waals surface area contributed by atoms with Crippen LogP contribution in [0.4, 0.5) is 0 Å². The molecule has 8 aromatic carbocycles. The Morgan fingerprint density at radius 3 is 1.78 bits per heavy atom. The van der Waals surface area contributed by atoms with E-state index in [0.29, 0.717) is 11.9 Å². The molecular formula is C59H39N5S. The maximum atomic E-state index is 5.30. The van der Waals surface area contributed by atoms with Crippen molar-refractivity contribution in [1.82, 2.24) is 23.7 Å². The van der Waals surface area contributed by atoms with Crippen molar-refractivity contribution in [3.8, 4) is 50.1 Å². The number of thiophene rings is 1. The smallest absolute Gasteiger partial charge is 0.235 e. The third-order valence-electron chi connectivity index (χ3n) is 13.8. The van der Waals surface area contributed by atoms with Gasteiger partial charge >= 0.3 is 0 Å². The molecule has 5 aromatic heterocycles. The highest BCUT2D eigenvalue weighted by Crippen LogP contribution is 2.53. The van der Waals surface area contributed by atoms with Crippen LogP contribution in [-0.4, -0.2) is 23.7 Å². The number of fused-ring (bicyclic) bond motifs is 13. The van der Waals surface area contributed by atoms with Crippen LogP contribution in [0.1, 0.15) is 24.1 Å². The minimum Gasteiger partial charge on any atom is -0.313 e. The normalized spacial score (nSPS) is 13.7. The Kier molecular flexibility index (Phi) is 7.83. The lowest BCUT2D eigenvalue weighted by Gasteiger charge is -2.22. The van der Waals surface area contributed by atoms with Gasteiger partial charge < -0.3 is 9.13 Å². The second-order valence-corrected chi connectivity index (χ2v) is 18.5. The molecule has 1 unspecified atom stereocenters. The van der Waals surface area contributed by atoms with E-state index in [-0.39, 0.29) is 0 Å². The number of benzene rings is 8. The van der Waals surface area contributed by atoms with Gasteiger partial charge in [-0.25, -0.2) is 9.97 Å². The quantitative estimate of drug-likeness (QED) is 0.173. The van der Waals surface area contributed by atoms with Crippen molar-refractivity contribution in [2.75, 3.05) is 0 Å². The first-order chi connectivity index (χ1) is 32.2. The van der Waals surface area contributed by atoms with Crippen molar-refractivity contribution >= 4 is 75.9 Å². The van der Waals surface area contributed by atoms with Crippen LogP contribution in [0.5, 0.6) is 0 Å². The summed E-state index contributed by atoms with van der Waals surface area (Å²) in [7, 11) is 0. The second kappa shape index (κ2) is 14.0. The monoisotopic (exact) mass is 849 g/mol. The summed E-state index contributed by atoms with van der Waals surface area (Å²) < 4.78 is 8.45. The highest BCUT2D eigenvalue weighted by atomic mass is 32.1. The predicted molar refractivity (Wildman–Crippen MR) is 271 cm³/mol. The molecule has 5 heterocycles. The highest BCUT2D eigenvalue weighted by molar-refractivity contribution is 7.22. The molecule has 0 amide bonds. The molecule has 6 heteroatoms. The standard InChI is InChI=1S/C59H39N5S/c1-36-32-54-57(58-56(36)45-21-8-12-25-55(45)65-58)47-35-38(27-29-53(47)62(54)40-15-3-2-4-16-40)37-26-28-52-46(34-37)44-20-7-11-24-51(44)64(52)59-60-31-30-48(61-59)39-14-13-17-41(33-39)63-49-22-9-5-18-42(49)43-19-6-10-23-50(43)63/h2-31,33-36H,32H2,1H3. The lowest BCUT2D eigenvalue weighted by atomic mass is 9.85. The molecule has 14 rings (SSSR count). The summed E-state index contributed by atoms with van der Waals surface area (Å²) >= 11 is 1.95. The van der Waals surface area contributed by atoms with Gasteiger partial charge in [-0.15, -0.1) is 11.3 Å². The molecule has 0 fully saturated rings. The van der Waals surface area contributed by atoms with Crippen LogP contribution in [-0.2, 0) is 6.42 Å². The van der Waals surface area contributed by atoms with Gasteiger partial charge in [-0.2, -0.15) is 0 Å². The Bertz CT molecular complexity index is 4020. The van der Waals surface area contributed by atoms with Crippen LogP contribution in [0.15, 0.2) is 200 Å².